The summed E-state index contributed by atoms with van der Waals surface area (Å²) in [7, 11) is 5.93. The summed E-state index contributed by atoms with van der Waals surface area (Å²) >= 11 is 6.64. The first-order chi connectivity index (χ1) is 17.8. The van der Waals surface area contributed by atoms with E-state index in [0.29, 0.717) is 40.8 Å². The highest BCUT2D eigenvalue weighted by Gasteiger charge is 2.27. The lowest BCUT2D eigenvalue weighted by Gasteiger charge is -2.40. The van der Waals surface area contributed by atoms with Crippen LogP contribution in [0.25, 0.3) is 10.8 Å². The van der Waals surface area contributed by atoms with Crippen molar-refractivity contribution in [2.75, 3.05) is 38.0 Å². The molecule has 1 aliphatic carbocycles. The fourth-order valence-corrected chi connectivity index (χ4v) is 5.54. The highest BCUT2D eigenvalue weighted by atomic mass is 35.5. The Morgan fingerprint density at radius 2 is 1.78 bits per heavy atom. The third-order valence-electron chi connectivity index (χ3n) is 7.19. The Labute approximate surface area is 226 Å². The number of rotatable bonds is 8. The quantitative estimate of drug-likeness (QED) is 0.361. The Hall–Kier alpha value is -2.77. The van der Waals surface area contributed by atoms with Gasteiger partial charge in [-0.15, -0.1) is 0 Å². The number of aromatic nitrogens is 2. The average molecular weight is 528 g/mol. The van der Waals surface area contributed by atoms with Gasteiger partial charge in [-0.3, -0.25) is 4.79 Å². The molecule has 0 unspecified atom stereocenters. The molecule has 2 heterocycles. The van der Waals surface area contributed by atoms with E-state index >= 15 is 0 Å². The van der Waals surface area contributed by atoms with Crippen LogP contribution in [0.2, 0.25) is 5.02 Å². The average Bonchev–Trinajstić information content (AvgIpc) is 2.89. The first-order valence-electron chi connectivity index (χ1n) is 13.3. The van der Waals surface area contributed by atoms with E-state index in [4.69, 9.17) is 16.3 Å². The van der Waals surface area contributed by atoms with Gasteiger partial charge in [0.1, 0.15) is 11.6 Å². The van der Waals surface area contributed by atoms with Gasteiger partial charge in [-0.05, 0) is 77.9 Å². The van der Waals surface area contributed by atoms with Gasteiger partial charge in [0.05, 0.1) is 19.2 Å². The molecular weight excluding hydrogens is 486 g/mol. The van der Waals surface area contributed by atoms with Crippen LogP contribution >= 0.6 is 11.6 Å². The number of methoxy groups -OCH3 is 1. The molecule has 37 heavy (non-hydrogen) atoms. The number of halogens is 1. The molecule has 7 nitrogen and oxygen atoms in total. The van der Waals surface area contributed by atoms with Crippen molar-refractivity contribution in [3.8, 4) is 5.75 Å². The highest BCUT2D eigenvalue weighted by molar-refractivity contribution is 6.32. The lowest BCUT2D eigenvalue weighted by atomic mass is 9.89. The molecule has 1 fully saturated rings. The van der Waals surface area contributed by atoms with Gasteiger partial charge >= 0.3 is 0 Å². The molecule has 1 saturated carbocycles. The maximum absolute atomic E-state index is 12.6. The van der Waals surface area contributed by atoms with E-state index < -0.39 is 0 Å². The molecule has 0 bridgehead atoms. The van der Waals surface area contributed by atoms with Crippen molar-refractivity contribution < 1.29 is 4.74 Å². The zero-order valence-electron chi connectivity index (χ0n) is 23.3. The standard InChI is InChI=1S/C27H36ClN5O2.C2H6/c1-6-33(20-9-7-19(8-10-20)32(3)4)24-15-18(28)14-22-21(24)11-12-29-26(22)30-16-23-25(35-5)13-17(2)31-27(23)34;1-2/h11-15,19-20H,6-10,16H2,1-5H3,(H,29,30)(H,31,34);1-2H3. The monoisotopic (exact) mass is 527 g/mol. The zero-order chi connectivity index (χ0) is 27.1. The van der Waals surface area contributed by atoms with Crippen LogP contribution in [-0.2, 0) is 6.54 Å². The summed E-state index contributed by atoms with van der Waals surface area (Å²) in [6.45, 7) is 9.25. The van der Waals surface area contributed by atoms with E-state index in [0.717, 1.165) is 41.5 Å². The largest absolute Gasteiger partial charge is 0.496 e. The van der Waals surface area contributed by atoms with E-state index in [-0.39, 0.29) is 5.56 Å². The van der Waals surface area contributed by atoms with Gasteiger partial charge < -0.3 is 24.8 Å². The van der Waals surface area contributed by atoms with Crippen molar-refractivity contribution in [1.29, 1.82) is 0 Å². The third-order valence-corrected chi connectivity index (χ3v) is 7.41. The maximum Gasteiger partial charge on any atom is 0.256 e. The lowest BCUT2D eigenvalue weighted by molar-refractivity contribution is 0.214. The first-order valence-corrected chi connectivity index (χ1v) is 13.7. The second-order valence-corrected chi connectivity index (χ2v) is 10.0. The summed E-state index contributed by atoms with van der Waals surface area (Å²) in [5, 5.41) is 6.08. The molecule has 3 aromatic rings. The molecule has 1 aliphatic rings. The molecule has 0 aliphatic heterocycles. The zero-order valence-corrected chi connectivity index (χ0v) is 24.1. The number of fused-ring (bicyclic) bond motifs is 1. The lowest BCUT2D eigenvalue weighted by Crippen LogP contribution is -2.42. The number of hydrogen-bond donors (Lipinski definition) is 2. The number of benzene rings is 1. The number of H-pyrrole nitrogens is 1. The topological polar surface area (TPSA) is 73.5 Å². The Bertz CT molecular complexity index is 1230. The second kappa shape index (κ2) is 13.2. The minimum atomic E-state index is -0.168. The summed E-state index contributed by atoms with van der Waals surface area (Å²) in [6, 6.07) is 9.04. The fraction of sp³-hybridized carbons (Fsp3) is 0.517. The predicted molar refractivity (Wildman–Crippen MR) is 157 cm³/mol. The van der Waals surface area contributed by atoms with Crippen molar-refractivity contribution >= 4 is 33.9 Å². The van der Waals surface area contributed by atoms with Crippen molar-refractivity contribution in [2.24, 2.45) is 0 Å². The van der Waals surface area contributed by atoms with E-state index in [1.165, 1.54) is 12.8 Å². The van der Waals surface area contributed by atoms with Crippen LogP contribution in [0, 0.1) is 6.92 Å². The van der Waals surface area contributed by atoms with E-state index in [1.54, 1.807) is 7.11 Å². The predicted octanol–water partition coefficient (Wildman–Crippen LogP) is 6.23. The molecule has 0 saturated heterocycles. The first kappa shape index (κ1) is 28.8. The molecule has 2 N–H and O–H groups in total. The van der Waals surface area contributed by atoms with Crippen molar-refractivity contribution in [3.63, 3.8) is 0 Å². The van der Waals surface area contributed by atoms with Crippen LogP contribution in [0.15, 0.2) is 35.3 Å². The minimum absolute atomic E-state index is 0.168. The number of anilines is 2. The Morgan fingerprint density at radius 1 is 1.11 bits per heavy atom. The van der Waals surface area contributed by atoms with E-state index in [2.05, 4.69) is 58.2 Å². The molecule has 0 amide bonds. The van der Waals surface area contributed by atoms with Crippen LogP contribution in [0.1, 0.15) is 57.7 Å². The van der Waals surface area contributed by atoms with Crippen LogP contribution < -0.4 is 20.5 Å². The Kier molecular flexibility index (Phi) is 10.2. The summed E-state index contributed by atoms with van der Waals surface area (Å²) < 4.78 is 5.45. The summed E-state index contributed by atoms with van der Waals surface area (Å²) in [5.41, 5.74) is 2.26. The van der Waals surface area contributed by atoms with Gasteiger partial charge in [0.15, 0.2) is 0 Å². The van der Waals surface area contributed by atoms with E-state index in [9.17, 15) is 4.79 Å². The normalized spacial score (nSPS) is 17.3. The van der Waals surface area contributed by atoms with Gasteiger partial charge in [-0.1, -0.05) is 25.4 Å². The van der Waals surface area contributed by atoms with E-state index in [1.807, 2.05) is 39.1 Å². The molecule has 4 rings (SSSR count). The number of aromatic amines is 1. The highest BCUT2D eigenvalue weighted by Crippen LogP contribution is 2.37. The van der Waals surface area contributed by atoms with Crippen molar-refractivity contribution in [1.82, 2.24) is 14.9 Å². The number of ether oxygens (including phenoxy) is 1. The summed E-state index contributed by atoms with van der Waals surface area (Å²) in [6.07, 6.45) is 6.55. The van der Waals surface area contributed by atoms with Crippen LogP contribution in [-0.4, -0.2) is 54.7 Å². The summed E-state index contributed by atoms with van der Waals surface area (Å²) in [5.74, 6) is 1.25. The Balaban J connectivity index is 0.00000186. The number of aryl methyl sites for hydroxylation is 1. The SMILES string of the molecule is CC.CCN(c1cc(Cl)cc2c(NCc3c(OC)cc(C)[nH]c3=O)nccc12)C1CCC(N(C)C)CC1. The second-order valence-electron chi connectivity index (χ2n) is 9.57. The molecule has 0 radical (unpaired) electrons. The molecule has 0 spiro atoms. The van der Waals surface area contributed by atoms with Gasteiger partial charge in [-0.2, -0.15) is 0 Å². The molecule has 2 aromatic heterocycles. The number of pyridine rings is 2. The molecule has 0 atom stereocenters. The third kappa shape index (κ3) is 6.57. The molecule has 1 aromatic carbocycles. The summed E-state index contributed by atoms with van der Waals surface area (Å²) in [4.78, 5) is 24.8. The van der Waals surface area contributed by atoms with Gasteiger partial charge in [0.25, 0.3) is 5.56 Å². The maximum atomic E-state index is 12.6. The van der Waals surface area contributed by atoms with Crippen LogP contribution in [0.4, 0.5) is 11.5 Å². The minimum Gasteiger partial charge on any atom is -0.496 e. The smallest absolute Gasteiger partial charge is 0.256 e. The molecule has 202 valence electrons. The van der Waals surface area contributed by atoms with Crippen molar-refractivity contribution in [3.05, 3.63) is 57.1 Å². The Morgan fingerprint density at radius 3 is 2.41 bits per heavy atom. The molecule has 8 heteroatoms. The molecular formula is C29H42ClN5O2. The number of nitrogens with zero attached hydrogens (tertiary/aromatic N) is 3. The number of hydrogen-bond acceptors (Lipinski definition) is 6. The number of nitrogens with one attached hydrogen (secondary N) is 2. The van der Waals surface area contributed by atoms with Gasteiger partial charge in [-0.25, -0.2) is 4.98 Å². The van der Waals surface area contributed by atoms with Gasteiger partial charge in [0.2, 0.25) is 0 Å². The van der Waals surface area contributed by atoms with Gasteiger partial charge in [0, 0.05) is 52.0 Å². The van der Waals surface area contributed by atoms with Crippen molar-refractivity contribution in [2.45, 2.75) is 72.0 Å². The fourth-order valence-electron chi connectivity index (χ4n) is 5.33. The van der Waals surface area contributed by atoms with Crippen LogP contribution in [0.5, 0.6) is 5.75 Å². The van der Waals surface area contributed by atoms with Crippen LogP contribution in [0.3, 0.4) is 0 Å².